The molecule has 1 amide bonds. The quantitative estimate of drug-likeness (QED) is 0.858. The molecule has 98 valence electrons. The molecule has 1 aromatic heterocycles. The van der Waals surface area contributed by atoms with Gasteiger partial charge in [0.2, 0.25) is 5.91 Å². The van der Waals surface area contributed by atoms with Crippen LogP contribution in [0.3, 0.4) is 0 Å². The summed E-state index contributed by atoms with van der Waals surface area (Å²) in [6.45, 7) is 3.20. The molecule has 0 bridgehead atoms. The molecule has 0 unspecified atom stereocenters. The van der Waals surface area contributed by atoms with Crippen molar-refractivity contribution in [1.82, 2.24) is 15.6 Å². The Morgan fingerprint density at radius 2 is 2.06 bits per heavy atom. The number of pyridine rings is 1. The van der Waals surface area contributed by atoms with Crippen molar-refractivity contribution in [2.75, 3.05) is 13.6 Å². The number of halogens is 2. The molecule has 1 rings (SSSR count). The monoisotopic (exact) mass is 279 g/mol. The molecule has 1 heterocycles. The number of nitrogens with one attached hydrogen (secondary N) is 2. The molecule has 0 saturated carbocycles. The normalized spacial score (nSPS) is 8.82. The molecule has 0 aromatic carbocycles. The first-order chi connectivity index (χ1) is 7.22. The first kappa shape index (κ1) is 18.5. The molecule has 0 aliphatic rings. The fourth-order valence-electron chi connectivity index (χ4n) is 1.13. The molecular weight excluding hydrogens is 261 g/mol. The van der Waals surface area contributed by atoms with Crippen molar-refractivity contribution < 1.29 is 4.79 Å². The second kappa shape index (κ2) is 10.3. The SMILES string of the molecule is CNCCC(=O)NCc1ccc(C)nc1.Cl.Cl. The van der Waals surface area contributed by atoms with E-state index in [2.05, 4.69) is 15.6 Å². The molecule has 1 aromatic rings. The molecule has 0 atom stereocenters. The van der Waals surface area contributed by atoms with Gasteiger partial charge in [0.1, 0.15) is 0 Å². The van der Waals surface area contributed by atoms with E-state index in [-0.39, 0.29) is 30.7 Å². The van der Waals surface area contributed by atoms with Crippen molar-refractivity contribution in [2.45, 2.75) is 19.9 Å². The molecule has 0 aliphatic carbocycles. The maximum Gasteiger partial charge on any atom is 0.221 e. The van der Waals surface area contributed by atoms with E-state index in [0.717, 1.165) is 11.3 Å². The third-order valence-electron chi connectivity index (χ3n) is 2.06. The predicted octanol–water partition coefficient (Wildman–Crippen LogP) is 1.46. The zero-order valence-corrected chi connectivity index (χ0v) is 11.7. The fourth-order valence-corrected chi connectivity index (χ4v) is 1.13. The topological polar surface area (TPSA) is 54.0 Å². The summed E-state index contributed by atoms with van der Waals surface area (Å²) in [6, 6.07) is 3.91. The van der Waals surface area contributed by atoms with E-state index in [0.29, 0.717) is 19.5 Å². The van der Waals surface area contributed by atoms with Crippen LogP contribution in [0.1, 0.15) is 17.7 Å². The number of carbonyl (C=O) groups is 1. The first-order valence-electron chi connectivity index (χ1n) is 5.05. The van der Waals surface area contributed by atoms with Gasteiger partial charge in [-0.3, -0.25) is 9.78 Å². The zero-order valence-electron chi connectivity index (χ0n) is 10.0. The van der Waals surface area contributed by atoms with Crippen molar-refractivity contribution >= 4 is 30.7 Å². The predicted molar refractivity (Wildman–Crippen MR) is 73.9 cm³/mol. The Hall–Kier alpha value is -0.840. The van der Waals surface area contributed by atoms with Gasteiger partial charge in [0.25, 0.3) is 0 Å². The Balaban J connectivity index is 0. The van der Waals surface area contributed by atoms with Crippen molar-refractivity contribution in [3.63, 3.8) is 0 Å². The number of nitrogens with zero attached hydrogens (tertiary/aromatic N) is 1. The second-order valence-electron chi connectivity index (χ2n) is 3.44. The van der Waals surface area contributed by atoms with Gasteiger partial charge in [-0.05, 0) is 25.6 Å². The third-order valence-corrected chi connectivity index (χ3v) is 2.06. The van der Waals surface area contributed by atoms with Crippen LogP contribution in [-0.4, -0.2) is 24.5 Å². The number of hydrogen-bond donors (Lipinski definition) is 2. The maximum absolute atomic E-state index is 11.3. The van der Waals surface area contributed by atoms with Gasteiger partial charge in [-0.2, -0.15) is 0 Å². The summed E-state index contributed by atoms with van der Waals surface area (Å²) in [5.74, 6) is 0.0601. The number of aromatic nitrogens is 1. The minimum atomic E-state index is 0. The van der Waals surface area contributed by atoms with Gasteiger partial charge in [-0.15, -0.1) is 24.8 Å². The molecule has 0 spiro atoms. The average Bonchev–Trinajstić information content (AvgIpc) is 2.25. The third kappa shape index (κ3) is 7.96. The molecule has 2 N–H and O–H groups in total. The number of hydrogen-bond acceptors (Lipinski definition) is 3. The zero-order chi connectivity index (χ0) is 11.1. The summed E-state index contributed by atoms with van der Waals surface area (Å²) >= 11 is 0. The Bertz CT molecular complexity index is 317. The Labute approximate surface area is 114 Å². The van der Waals surface area contributed by atoms with E-state index in [4.69, 9.17) is 0 Å². The van der Waals surface area contributed by atoms with Crippen molar-refractivity contribution in [2.24, 2.45) is 0 Å². The summed E-state index contributed by atoms with van der Waals surface area (Å²) in [6.07, 6.45) is 2.30. The van der Waals surface area contributed by atoms with Crippen LogP contribution in [0.25, 0.3) is 0 Å². The summed E-state index contributed by atoms with van der Waals surface area (Å²) in [7, 11) is 1.83. The second-order valence-corrected chi connectivity index (χ2v) is 3.44. The molecule has 6 heteroatoms. The smallest absolute Gasteiger partial charge is 0.221 e. The van der Waals surface area contributed by atoms with Crippen LogP contribution in [0.2, 0.25) is 0 Å². The molecule has 0 radical (unpaired) electrons. The van der Waals surface area contributed by atoms with Crippen LogP contribution >= 0.6 is 24.8 Å². The highest BCUT2D eigenvalue weighted by Crippen LogP contribution is 1.98. The molecule has 17 heavy (non-hydrogen) atoms. The Morgan fingerprint density at radius 3 is 2.59 bits per heavy atom. The van der Waals surface area contributed by atoms with E-state index in [1.54, 1.807) is 6.20 Å². The lowest BCUT2D eigenvalue weighted by Gasteiger charge is -2.04. The van der Waals surface area contributed by atoms with Crippen molar-refractivity contribution in [3.05, 3.63) is 29.6 Å². The van der Waals surface area contributed by atoms with Crippen LogP contribution in [0.4, 0.5) is 0 Å². The van der Waals surface area contributed by atoms with Crippen LogP contribution in [0.5, 0.6) is 0 Å². The molecular formula is C11H19Cl2N3O. The molecule has 4 nitrogen and oxygen atoms in total. The summed E-state index contributed by atoms with van der Waals surface area (Å²) in [4.78, 5) is 15.4. The Morgan fingerprint density at radius 1 is 1.35 bits per heavy atom. The maximum atomic E-state index is 11.3. The number of amides is 1. The minimum Gasteiger partial charge on any atom is -0.352 e. The number of carbonyl (C=O) groups excluding carboxylic acids is 1. The fraction of sp³-hybridized carbons (Fsp3) is 0.455. The van der Waals surface area contributed by atoms with E-state index in [1.807, 2.05) is 26.1 Å². The molecule has 0 saturated heterocycles. The first-order valence-corrected chi connectivity index (χ1v) is 5.05. The summed E-state index contributed by atoms with van der Waals surface area (Å²) in [5.41, 5.74) is 2.01. The highest BCUT2D eigenvalue weighted by molar-refractivity contribution is 5.85. The van der Waals surface area contributed by atoms with Crippen LogP contribution in [0, 0.1) is 6.92 Å². The molecule has 0 aliphatic heterocycles. The van der Waals surface area contributed by atoms with Crippen molar-refractivity contribution in [3.8, 4) is 0 Å². The van der Waals surface area contributed by atoms with Crippen LogP contribution < -0.4 is 10.6 Å². The van der Waals surface area contributed by atoms with Gasteiger partial charge in [0, 0.05) is 31.4 Å². The van der Waals surface area contributed by atoms with E-state index in [1.165, 1.54) is 0 Å². The van der Waals surface area contributed by atoms with Gasteiger partial charge in [-0.1, -0.05) is 6.07 Å². The average molecular weight is 280 g/mol. The highest BCUT2D eigenvalue weighted by atomic mass is 35.5. The minimum absolute atomic E-state index is 0. The van der Waals surface area contributed by atoms with Gasteiger partial charge < -0.3 is 10.6 Å². The highest BCUT2D eigenvalue weighted by Gasteiger charge is 1.99. The lowest BCUT2D eigenvalue weighted by atomic mass is 10.2. The van der Waals surface area contributed by atoms with Crippen molar-refractivity contribution in [1.29, 1.82) is 0 Å². The van der Waals surface area contributed by atoms with E-state index in [9.17, 15) is 4.79 Å². The Kier molecular flexibility index (Phi) is 11.2. The number of aryl methyl sites for hydroxylation is 1. The lowest BCUT2D eigenvalue weighted by molar-refractivity contribution is -0.121. The van der Waals surface area contributed by atoms with Gasteiger partial charge >= 0.3 is 0 Å². The largest absolute Gasteiger partial charge is 0.352 e. The molecule has 0 fully saturated rings. The standard InChI is InChI=1S/C11H17N3O.2ClH/c1-9-3-4-10(7-13-9)8-14-11(15)5-6-12-2;;/h3-4,7,12H,5-6,8H2,1-2H3,(H,14,15);2*1H. The van der Waals surface area contributed by atoms with E-state index < -0.39 is 0 Å². The van der Waals surface area contributed by atoms with Crippen LogP contribution in [0.15, 0.2) is 18.3 Å². The lowest BCUT2D eigenvalue weighted by Crippen LogP contribution is -2.26. The van der Waals surface area contributed by atoms with Crippen LogP contribution in [-0.2, 0) is 11.3 Å². The number of rotatable bonds is 5. The van der Waals surface area contributed by atoms with Gasteiger partial charge in [-0.25, -0.2) is 0 Å². The summed E-state index contributed by atoms with van der Waals surface area (Å²) < 4.78 is 0. The van der Waals surface area contributed by atoms with Gasteiger partial charge in [0.05, 0.1) is 0 Å². The summed E-state index contributed by atoms with van der Waals surface area (Å²) in [5, 5.41) is 5.77. The van der Waals surface area contributed by atoms with Gasteiger partial charge in [0.15, 0.2) is 0 Å². The van der Waals surface area contributed by atoms with E-state index >= 15 is 0 Å².